The average molecular weight is 416 g/mol. The molecule has 5 nitrogen and oxygen atoms in total. The number of benzene rings is 2. The fourth-order valence-electron chi connectivity index (χ4n) is 3.67. The maximum atomic E-state index is 12.9. The van der Waals surface area contributed by atoms with Crippen molar-refractivity contribution in [1.29, 1.82) is 0 Å². The predicted molar refractivity (Wildman–Crippen MR) is 123 cm³/mol. The van der Waals surface area contributed by atoms with E-state index in [9.17, 15) is 9.59 Å². The second-order valence-electron chi connectivity index (χ2n) is 7.24. The van der Waals surface area contributed by atoms with E-state index in [-0.39, 0.29) is 17.2 Å². The SMILES string of the molecule is C=CCN1C(=O)/C(=C/c2cn(Cc3cccc(C)c3)c3ccccc23)C(=O)NC1=S. The second kappa shape index (κ2) is 8.08. The van der Waals surface area contributed by atoms with Crippen molar-refractivity contribution in [1.82, 2.24) is 14.8 Å². The van der Waals surface area contributed by atoms with Gasteiger partial charge in [0.15, 0.2) is 5.11 Å². The Bertz CT molecular complexity index is 1220. The van der Waals surface area contributed by atoms with Gasteiger partial charge >= 0.3 is 0 Å². The van der Waals surface area contributed by atoms with E-state index in [1.165, 1.54) is 16.0 Å². The third-order valence-electron chi connectivity index (χ3n) is 5.05. The third-order valence-corrected chi connectivity index (χ3v) is 5.37. The monoisotopic (exact) mass is 415 g/mol. The van der Waals surface area contributed by atoms with Crippen LogP contribution in [0.1, 0.15) is 16.7 Å². The number of aryl methyl sites for hydroxylation is 1. The zero-order valence-corrected chi connectivity index (χ0v) is 17.4. The smallest absolute Gasteiger partial charge is 0.265 e. The Morgan fingerprint density at radius 3 is 2.70 bits per heavy atom. The van der Waals surface area contributed by atoms with Crippen LogP contribution in [0.2, 0.25) is 0 Å². The lowest BCUT2D eigenvalue weighted by molar-refractivity contribution is -0.128. The number of nitrogens with one attached hydrogen (secondary N) is 1. The van der Waals surface area contributed by atoms with Crippen LogP contribution in [-0.2, 0) is 16.1 Å². The number of carbonyl (C=O) groups excluding carboxylic acids is 2. The number of nitrogens with zero attached hydrogens (tertiary/aromatic N) is 2. The fourth-order valence-corrected chi connectivity index (χ4v) is 3.92. The lowest BCUT2D eigenvalue weighted by Crippen LogP contribution is -2.53. The molecule has 1 aromatic heterocycles. The topological polar surface area (TPSA) is 54.3 Å². The molecule has 1 fully saturated rings. The molecule has 6 heteroatoms. The number of hydrogen-bond acceptors (Lipinski definition) is 3. The van der Waals surface area contributed by atoms with Crippen molar-refractivity contribution in [3.63, 3.8) is 0 Å². The molecule has 3 aromatic rings. The number of para-hydroxylation sites is 1. The molecule has 1 N–H and O–H groups in total. The Labute approximate surface area is 180 Å². The van der Waals surface area contributed by atoms with Crippen molar-refractivity contribution < 1.29 is 9.59 Å². The number of thiocarbonyl (C=S) groups is 1. The summed E-state index contributed by atoms with van der Waals surface area (Å²) in [6, 6.07) is 16.3. The summed E-state index contributed by atoms with van der Waals surface area (Å²) in [6.07, 6.45) is 5.20. The van der Waals surface area contributed by atoms with E-state index >= 15 is 0 Å². The largest absolute Gasteiger partial charge is 0.342 e. The Balaban J connectivity index is 1.77. The highest BCUT2D eigenvalue weighted by molar-refractivity contribution is 7.80. The number of carbonyl (C=O) groups is 2. The van der Waals surface area contributed by atoms with E-state index in [0.29, 0.717) is 6.54 Å². The Morgan fingerprint density at radius 1 is 1.13 bits per heavy atom. The van der Waals surface area contributed by atoms with Crippen LogP contribution in [0.15, 0.2) is 73.0 Å². The van der Waals surface area contributed by atoms with Gasteiger partial charge in [0.1, 0.15) is 5.57 Å². The lowest BCUT2D eigenvalue weighted by Gasteiger charge is -2.27. The molecule has 2 amide bonds. The molecule has 1 aliphatic heterocycles. The maximum absolute atomic E-state index is 12.9. The lowest BCUT2D eigenvalue weighted by atomic mass is 10.1. The zero-order chi connectivity index (χ0) is 21.3. The summed E-state index contributed by atoms with van der Waals surface area (Å²) in [7, 11) is 0. The Kier molecular flexibility index (Phi) is 5.33. The van der Waals surface area contributed by atoms with E-state index in [1.54, 1.807) is 12.2 Å². The standard InChI is InChI=1S/C24H21N3O2S/c1-3-11-27-23(29)20(22(28)25-24(27)30)13-18-15-26(21-10-5-4-9-19(18)21)14-17-8-6-7-16(2)12-17/h3-10,12-13,15H,1,11,14H2,2H3,(H,25,28,30)/b20-13+. The summed E-state index contributed by atoms with van der Waals surface area (Å²) in [5, 5.41) is 3.67. The maximum Gasteiger partial charge on any atom is 0.265 e. The van der Waals surface area contributed by atoms with Crippen LogP contribution in [0.5, 0.6) is 0 Å². The minimum Gasteiger partial charge on any atom is -0.342 e. The van der Waals surface area contributed by atoms with Crippen molar-refractivity contribution >= 4 is 46.1 Å². The molecule has 0 radical (unpaired) electrons. The summed E-state index contributed by atoms with van der Waals surface area (Å²) in [5.74, 6) is -0.903. The molecule has 150 valence electrons. The first-order valence-corrected chi connectivity index (χ1v) is 10.0. The van der Waals surface area contributed by atoms with Crippen molar-refractivity contribution in [3.05, 3.63) is 89.6 Å². The summed E-state index contributed by atoms with van der Waals surface area (Å²) < 4.78 is 2.13. The van der Waals surface area contributed by atoms with Gasteiger partial charge in [-0.3, -0.25) is 19.8 Å². The van der Waals surface area contributed by atoms with E-state index < -0.39 is 11.8 Å². The Morgan fingerprint density at radius 2 is 1.93 bits per heavy atom. The van der Waals surface area contributed by atoms with Gasteiger partial charge in [0.2, 0.25) is 0 Å². The van der Waals surface area contributed by atoms with Crippen molar-refractivity contribution in [2.24, 2.45) is 0 Å². The van der Waals surface area contributed by atoms with Gasteiger partial charge in [-0.05, 0) is 36.8 Å². The highest BCUT2D eigenvalue weighted by Crippen LogP contribution is 2.26. The molecule has 0 bridgehead atoms. The van der Waals surface area contributed by atoms with E-state index in [1.807, 2.05) is 36.5 Å². The van der Waals surface area contributed by atoms with Gasteiger partial charge in [-0.2, -0.15) is 0 Å². The molecule has 0 saturated carbocycles. The van der Waals surface area contributed by atoms with Crippen molar-refractivity contribution in [3.8, 4) is 0 Å². The van der Waals surface area contributed by atoms with Crippen LogP contribution >= 0.6 is 12.2 Å². The summed E-state index contributed by atoms with van der Waals surface area (Å²) in [4.78, 5) is 26.7. The van der Waals surface area contributed by atoms with Crippen LogP contribution < -0.4 is 5.32 Å². The Hall–Kier alpha value is -3.51. The van der Waals surface area contributed by atoms with Gasteiger partial charge in [0, 0.05) is 35.8 Å². The zero-order valence-electron chi connectivity index (χ0n) is 16.6. The van der Waals surface area contributed by atoms with Gasteiger partial charge in [0.05, 0.1) is 0 Å². The van der Waals surface area contributed by atoms with Crippen molar-refractivity contribution in [2.45, 2.75) is 13.5 Å². The molecular formula is C24H21N3O2S. The highest BCUT2D eigenvalue weighted by atomic mass is 32.1. The molecule has 0 aliphatic carbocycles. The average Bonchev–Trinajstić information content (AvgIpc) is 3.06. The van der Waals surface area contributed by atoms with Gasteiger partial charge in [0.25, 0.3) is 11.8 Å². The minimum absolute atomic E-state index is 0.0592. The highest BCUT2D eigenvalue weighted by Gasteiger charge is 2.32. The molecule has 1 aliphatic rings. The normalized spacial score (nSPS) is 15.7. The van der Waals surface area contributed by atoms with Gasteiger partial charge in [-0.1, -0.05) is 54.1 Å². The fraction of sp³-hybridized carbons (Fsp3) is 0.125. The molecule has 1 saturated heterocycles. The van der Waals surface area contributed by atoms with Crippen LogP contribution in [0, 0.1) is 6.92 Å². The number of fused-ring (bicyclic) bond motifs is 1. The first kappa shape index (κ1) is 19.8. The molecular weight excluding hydrogens is 394 g/mol. The minimum atomic E-state index is -0.485. The molecule has 2 aromatic carbocycles. The summed E-state index contributed by atoms with van der Waals surface area (Å²) >= 11 is 5.12. The van der Waals surface area contributed by atoms with Crippen molar-refractivity contribution in [2.75, 3.05) is 6.54 Å². The van der Waals surface area contributed by atoms with Gasteiger partial charge in [-0.15, -0.1) is 6.58 Å². The first-order chi connectivity index (χ1) is 14.5. The number of rotatable bonds is 5. The molecule has 0 spiro atoms. The van der Waals surface area contributed by atoms with E-state index in [0.717, 1.165) is 16.5 Å². The van der Waals surface area contributed by atoms with Gasteiger partial charge < -0.3 is 4.57 Å². The summed E-state index contributed by atoms with van der Waals surface area (Å²) in [6.45, 7) is 6.66. The van der Waals surface area contributed by atoms with Crippen LogP contribution in [0.25, 0.3) is 17.0 Å². The third kappa shape index (κ3) is 3.69. The molecule has 0 atom stereocenters. The number of hydrogen-bond donors (Lipinski definition) is 1. The number of aromatic nitrogens is 1. The predicted octanol–water partition coefficient (Wildman–Crippen LogP) is 3.81. The second-order valence-corrected chi connectivity index (χ2v) is 7.63. The molecule has 30 heavy (non-hydrogen) atoms. The van der Waals surface area contributed by atoms with E-state index in [2.05, 4.69) is 41.6 Å². The number of amides is 2. The van der Waals surface area contributed by atoms with Crippen LogP contribution in [0.4, 0.5) is 0 Å². The van der Waals surface area contributed by atoms with Gasteiger partial charge in [-0.25, -0.2) is 0 Å². The quantitative estimate of drug-likeness (QED) is 0.298. The molecule has 0 unspecified atom stereocenters. The summed E-state index contributed by atoms with van der Waals surface area (Å²) in [5.41, 5.74) is 4.29. The van der Waals surface area contributed by atoms with E-state index in [4.69, 9.17) is 12.2 Å². The first-order valence-electron chi connectivity index (χ1n) is 9.61. The molecule has 4 rings (SSSR count). The van der Waals surface area contributed by atoms with Crippen LogP contribution in [0.3, 0.4) is 0 Å². The van der Waals surface area contributed by atoms with Crippen LogP contribution in [-0.4, -0.2) is 32.9 Å². The molecule has 2 heterocycles.